The largest absolute Gasteiger partial charge is 0.480 e. The quantitative estimate of drug-likeness (QED) is 0.716. The zero-order chi connectivity index (χ0) is 13.6. The molecule has 0 heterocycles. The van der Waals surface area contributed by atoms with Crippen LogP contribution >= 0.6 is 0 Å². The van der Waals surface area contributed by atoms with Gasteiger partial charge in [0.05, 0.1) is 5.41 Å². The highest BCUT2D eigenvalue weighted by Gasteiger charge is 2.45. The minimum absolute atomic E-state index is 0.00458. The lowest BCUT2D eigenvalue weighted by Crippen LogP contribution is -2.50. The molecule has 1 saturated carbocycles. The second-order valence-corrected chi connectivity index (χ2v) is 5.00. The van der Waals surface area contributed by atoms with Crippen LogP contribution in [0.25, 0.3) is 0 Å². The first-order valence-electron chi connectivity index (χ1n) is 6.56. The molecule has 1 aliphatic carbocycles. The van der Waals surface area contributed by atoms with Gasteiger partial charge in [-0.05, 0) is 25.7 Å². The molecule has 18 heavy (non-hydrogen) atoms. The predicted molar refractivity (Wildman–Crippen MR) is 67.3 cm³/mol. The van der Waals surface area contributed by atoms with Crippen molar-refractivity contribution in [1.82, 2.24) is 4.90 Å². The maximum atomic E-state index is 12.5. The van der Waals surface area contributed by atoms with Gasteiger partial charge in [0.15, 0.2) is 0 Å². The number of carbonyl (C=O) groups is 2. The van der Waals surface area contributed by atoms with E-state index < -0.39 is 5.97 Å². The summed E-state index contributed by atoms with van der Waals surface area (Å²) in [5.41, 5.74) is -0.360. The van der Waals surface area contributed by atoms with Gasteiger partial charge >= 0.3 is 5.97 Å². The Bertz CT molecular complexity index is 299. The fourth-order valence-corrected chi connectivity index (χ4v) is 2.49. The van der Waals surface area contributed by atoms with Crippen molar-refractivity contribution in [2.45, 2.75) is 39.0 Å². The Morgan fingerprint density at radius 3 is 2.44 bits per heavy atom. The Hall–Kier alpha value is -1.10. The average molecular weight is 257 g/mol. The molecule has 104 valence electrons. The van der Waals surface area contributed by atoms with Crippen LogP contribution < -0.4 is 0 Å². The molecule has 1 N–H and O–H groups in total. The molecule has 0 aliphatic heterocycles. The van der Waals surface area contributed by atoms with E-state index in [1.165, 1.54) is 4.90 Å². The fourth-order valence-electron chi connectivity index (χ4n) is 2.49. The standard InChI is InChI=1S/C13H23NO4/c1-3-8-14(10-11(15)16)12(17)13(5-4-6-13)7-9-18-2/h3-10H2,1-2H3,(H,15,16). The molecule has 0 bridgehead atoms. The van der Waals surface area contributed by atoms with Crippen molar-refractivity contribution in [3.63, 3.8) is 0 Å². The molecule has 0 radical (unpaired) electrons. The number of ether oxygens (including phenoxy) is 1. The average Bonchev–Trinajstić information content (AvgIpc) is 2.26. The molecular weight excluding hydrogens is 234 g/mol. The summed E-state index contributed by atoms with van der Waals surface area (Å²) in [4.78, 5) is 24.8. The number of rotatable bonds is 8. The molecule has 0 aromatic carbocycles. The Labute approximate surface area is 108 Å². The van der Waals surface area contributed by atoms with Crippen molar-refractivity contribution < 1.29 is 19.4 Å². The summed E-state index contributed by atoms with van der Waals surface area (Å²) in [7, 11) is 1.62. The molecular formula is C13H23NO4. The maximum Gasteiger partial charge on any atom is 0.323 e. The third-order valence-corrected chi connectivity index (χ3v) is 3.66. The molecule has 5 nitrogen and oxygen atoms in total. The van der Waals surface area contributed by atoms with Crippen LogP contribution in [0.4, 0.5) is 0 Å². The molecule has 1 rings (SSSR count). The van der Waals surface area contributed by atoms with E-state index in [2.05, 4.69) is 0 Å². The highest BCUT2D eigenvalue weighted by atomic mass is 16.5. The number of hydrogen-bond donors (Lipinski definition) is 1. The summed E-state index contributed by atoms with van der Waals surface area (Å²) >= 11 is 0. The second kappa shape index (κ2) is 6.73. The van der Waals surface area contributed by atoms with Crippen LogP contribution in [0.2, 0.25) is 0 Å². The van der Waals surface area contributed by atoms with E-state index in [0.29, 0.717) is 19.6 Å². The lowest BCUT2D eigenvalue weighted by Gasteiger charge is -2.43. The van der Waals surface area contributed by atoms with E-state index in [0.717, 1.165) is 25.7 Å². The van der Waals surface area contributed by atoms with Crippen molar-refractivity contribution in [1.29, 1.82) is 0 Å². The summed E-state index contributed by atoms with van der Waals surface area (Å²) in [5, 5.41) is 8.87. The number of hydrogen-bond acceptors (Lipinski definition) is 3. The van der Waals surface area contributed by atoms with Crippen molar-refractivity contribution >= 4 is 11.9 Å². The number of carbonyl (C=O) groups excluding carboxylic acids is 1. The highest BCUT2D eigenvalue weighted by Crippen LogP contribution is 2.45. The van der Waals surface area contributed by atoms with E-state index in [4.69, 9.17) is 9.84 Å². The number of carboxylic acids is 1. The van der Waals surface area contributed by atoms with Crippen molar-refractivity contribution in [3.05, 3.63) is 0 Å². The molecule has 1 amide bonds. The molecule has 0 unspecified atom stereocenters. The van der Waals surface area contributed by atoms with Crippen LogP contribution in [-0.4, -0.2) is 48.7 Å². The van der Waals surface area contributed by atoms with Crippen LogP contribution in [0.5, 0.6) is 0 Å². The van der Waals surface area contributed by atoms with Gasteiger partial charge in [-0.2, -0.15) is 0 Å². The summed E-state index contributed by atoms with van der Waals surface area (Å²) in [6, 6.07) is 0. The molecule has 1 fully saturated rings. The van der Waals surface area contributed by atoms with E-state index in [1.54, 1.807) is 7.11 Å². The van der Waals surface area contributed by atoms with Gasteiger partial charge in [-0.3, -0.25) is 9.59 Å². The first-order chi connectivity index (χ1) is 8.55. The Kier molecular flexibility index (Phi) is 5.59. The van der Waals surface area contributed by atoms with Crippen LogP contribution in [0.3, 0.4) is 0 Å². The molecule has 0 aromatic rings. The maximum absolute atomic E-state index is 12.5. The highest BCUT2D eigenvalue weighted by molar-refractivity contribution is 5.86. The van der Waals surface area contributed by atoms with Gasteiger partial charge in [-0.1, -0.05) is 13.3 Å². The first-order valence-corrected chi connectivity index (χ1v) is 6.56. The number of amides is 1. The lowest BCUT2D eigenvalue weighted by molar-refractivity contribution is -0.154. The van der Waals surface area contributed by atoms with Crippen LogP contribution in [-0.2, 0) is 14.3 Å². The monoisotopic (exact) mass is 257 g/mol. The van der Waals surface area contributed by atoms with Gasteiger partial charge in [0, 0.05) is 20.3 Å². The Morgan fingerprint density at radius 2 is 2.06 bits per heavy atom. The molecule has 0 atom stereocenters. The SMILES string of the molecule is CCCN(CC(=O)O)C(=O)C1(CCOC)CCC1. The first kappa shape index (κ1) is 15.0. The molecule has 1 aliphatic rings. The van der Waals surface area contributed by atoms with E-state index in [-0.39, 0.29) is 17.9 Å². The van der Waals surface area contributed by atoms with Crippen LogP contribution in [0.15, 0.2) is 0 Å². The second-order valence-electron chi connectivity index (χ2n) is 5.00. The van der Waals surface area contributed by atoms with E-state index in [1.807, 2.05) is 6.92 Å². The number of aliphatic carboxylic acids is 1. The van der Waals surface area contributed by atoms with E-state index >= 15 is 0 Å². The summed E-state index contributed by atoms with van der Waals surface area (Å²) in [6.45, 7) is 2.82. The van der Waals surface area contributed by atoms with Crippen molar-refractivity contribution in [3.8, 4) is 0 Å². The van der Waals surface area contributed by atoms with Gasteiger partial charge < -0.3 is 14.7 Å². The smallest absolute Gasteiger partial charge is 0.323 e. The van der Waals surface area contributed by atoms with E-state index in [9.17, 15) is 9.59 Å². The zero-order valence-electron chi connectivity index (χ0n) is 11.3. The zero-order valence-corrected chi connectivity index (χ0v) is 11.3. The van der Waals surface area contributed by atoms with Gasteiger partial charge in [-0.15, -0.1) is 0 Å². The lowest BCUT2D eigenvalue weighted by atomic mass is 9.65. The normalized spacial score (nSPS) is 17.0. The van der Waals surface area contributed by atoms with Crippen molar-refractivity contribution in [2.75, 3.05) is 26.8 Å². The number of carboxylic acid groups (broad SMARTS) is 1. The van der Waals surface area contributed by atoms with Crippen molar-refractivity contribution in [2.24, 2.45) is 5.41 Å². The van der Waals surface area contributed by atoms with Gasteiger partial charge in [0.25, 0.3) is 0 Å². The third-order valence-electron chi connectivity index (χ3n) is 3.66. The number of methoxy groups -OCH3 is 1. The molecule has 0 saturated heterocycles. The molecule has 0 aromatic heterocycles. The Morgan fingerprint density at radius 1 is 1.39 bits per heavy atom. The predicted octanol–water partition coefficient (Wildman–Crippen LogP) is 1.52. The molecule has 0 spiro atoms. The Balaban J connectivity index is 2.69. The summed E-state index contributed by atoms with van der Waals surface area (Å²) < 4.78 is 5.06. The topological polar surface area (TPSA) is 66.8 Å². The van der Waals surface area contributed by atoms with Crippen LogP contribution in [0.1, 0.15) is 39.0 Å². The summed E-state index contributed by atoms with van der Waals surface area (Å²) in [6.07, 6.45) is 4.23. The minimum atomic E-state index is -0.946. The summed E-state index contributed by atoms with van der Waals surface area (Å²) in [5.74, 6) is -0.951. The molecule has 5 heteroatoms. The van der Waals surface area contributed by atoms with Gasteiger partial charge in [0.2, 0.25) is 5.91 Å². The minimum Gasteiger partial charge on any atom is -0.480 e. The fraction of sp³-hybridized carbons (Fsp3) is 0.846. The van der Waals surface area contributed by atoms with Gasteiger partial charge in [0.1, 0.15) is 6.54 Å². The van der Waals surface area contributed by atoms with Crippen LogP contribution in [0, 0.1) is 5.41 Å². The third kappa shape index (κ3) is 3.45. The number of nitrogens with zero attached hydrogens (tertiary/aromatic N) is 1. The van der Waals surface area contributed by atoms with Gasteiger partial charge in [-0.25, -0.2) is 0 Å².